The van der Waals surface area contributed by atoms with Gasteiger partial charge in [0.25, 0.3) is 11.1 Å². The molecule has 0 atom stereocenters. The summed E-state index contributed by atoms with van der Waals surface area (Å²) in [6, 6.07) is 15.2. The van der Waals surface area contributed by atoms with E-state index in [1.807, 2.05) is 42.5 Å². The highest BCUT2D eigenvalue weighted by atomic mass is 32.2. The zero-order valence-electron chi connectivity index (χ0n) is 16.4. The highest BCUT2D eigenvalue weighted by molar-refractivity contribution is 8.18. The van der Waals surface area contributed by atoms with Gasteiger partial charge in [-0.3, -0.25) is 19.3 Å². The highest BCUT2D eigenvalue weighted by Gasteiger charge is 2.37. The second-order valence-corrected chi connectivity index (χ2v) is 8.40. The third-order valence-electron chi connectivity index (χ3n) is 5.26. The number of imide groups is 1. The summed E-state index contributed by atoms with van der Waals surface area (Å²) in [6.07, 6.45) is 4.11. The van der Waals surface area contributed by atoms with E-state index in [0.29, 0.717) is 25.1 Å². The van der Waals surface area contributed by atoms with E-state index >= 15 is 0 Å². The lowest BCUT2D eigenvalue weighted by molar-refractivity contribution is -0.135. The van der Waals surface area contributed by atoms with Crippen molar-refractivity contribution in [2.45, 2.75) is 19.3 Å². The Morgan fingerprint density at radius 3 is 2.50 bits per heavy atom. The molecule has 0 aliphatic carbocycles. The fourth-order valence-electron chi connectivity index (χ4n) is 3.64. The van der Waals surface area contributed by atoms with Gasteiger partial charge in [0.2, 0.25) is 5.91 Å². The van der Waals surface area contributed by atoms with Gasteiger partial charge in [0, 0.05) is 18.7 Å². The van der Waals surface area contributed by atoms with Gasteiger partial charge in [-0.25, -0.2) is 0 Å². The van der Waals surface area contributed by atoms with Crippen molar-refractivity contribution < 1.29 is 19.5 Å². The van der Waals surface area contributed by atoms with Crippen LogP contribution < -0.4 is 0 Å². The molecule has 1 N–H and O–H groups in total. The Kier molecular flexibility index (Phi) is 5.90. The second kappa shape index (κ2) is 8.75. The van der Waals surface area contributed by atoms with Crippen molar-refractivity contribution >= 4 is 34.9 Å². The molecule has 3 amide bonds. The van der Waals surface area contributed by atoms with Gasteiger partial charge < -0.3 is 10.0 Å². The smallest absolute Gasteiger partial charge is 0.294 e. The number of phenols is 1. The number of likely N-dealkylation sites (tertiary alicyclic amines) is 1. The third-order valence-corrected chi connectivity index (χ3v) is 6.16. The molecule has 2 aliphatic rings. The molecule has 2 heterocycles. The Hall–Kier alpha value is -3.06. The first-order chi connectivity index (χ1) is 14.5. The second-order valence-electron chi connectivity index (χ2n) is 7.41. The summed E-state index contributed by atoms with van der Waals surface area (Å²) in [5.74, 6) is -0.666. The lowest BCUT2D eigenvalue weighted by Gasteiger charge is -2.18. The maximum atomic E-state index is 12.7. The predicted octanol–water partition coefficient (Wildman–Crippen LogP) is 3.64. The average molecular weight is 423 g/mol. The van der Waals surface area contributed by atoms with Gasteiger partial charge in [0.15, 0.2) is 0 Å². The minimum Gasteiger partial charge on any atom is -0.507 e. The Morgan fingerprint density at radius 1 is 1.03 bits per heavy atom. The summed E-state index contributed by atoms with van der Waals surface area (Å²) >= 11 is 0.796. The molecule has 4 rings (SSSR count). The van der Waals surface area contributed by atoms with Crippen molar-refractivity contribution in [2.75, 3.05) is 19.6 Å². The largest absolute Gasteiger partial charge is 0.507 e. The van der Waals surface area contributed by atoms with Crippen LogP contribution in [0.3, 0.4) is 0 Å². The van der Waals surface area contributed by atoms with Crippen LogP contribution in [0.2, 0.25) is 0 Å². The molecule has 154 valence electrons. The predicted molar refractivity (Wildman–Crippen MR) is 116 cm³/mol. The highest BCUT2D eigenvalue weighted by Crippen LogP contribution is 2.34. The van der Waals surface area contributed by atoms with E-state index in [-0.39, 0.29) is 23.1 Å². The maximum absolute atomic E-state index is 12.7. The minimum atomic E-state index is -0.495. The van der Waals surface area contributed by atoms with Gasteiger partial charge in [0.05, 0.1) is 4.91 Å². The summed E-state index contributed by atoms with van der Waals surface area (Å²) in [7, 11) is 0. The van der Waals surface area contributed by atoms with Gasteiger partial charge in [0.1, 0.15) is 12.3 Å². The summed E-state index contributed by atoms with van der Waals surface area (Å²) in [5, 5.41) is 9.78. The van der Waals surface area contributed by atoms with E-state index in [1.54, 1.807) is 11.0 Å². The average Bonchev–Trinajstić information content (AvgIpc) is 3.36. The number of phenolic OH excluding ortho intramolecular Hbond substituents is 1. The van der Waals surface area contributed by atoms with Crippen molar-refractivity contribution in [3.63, 3.8) is 0 Å². The SMILES string of the molecule is O=C(CN1C(=O)S/C(=C\c2cc(Cc3ccccc3)ccc2O)C1=O)N1CCCC1. The fraction of sp³-hybridized carbons (Fsp3) is 0.261. The van der Waals surface area contributed by atoms with Gasteiger partial charge >= 0.3 is 0 Å². The first kappa shape index (κ1) is 20.2. The maximum Gasteiger partial charge on any atom is 0.294 e. The Bertz CT molecular complexity index is 1010. The molecule has 2 saturated heterocycles. The summed E-state index contributed by atoms with van der Waals surface area (Å²) in [4.78, 5) is 40.3. The molecule has 6 nitrogen and oxygen atoms in total. The molecule has 2 fully saturated rings. The van der Waals surface area contributed by atoms with Gasteiger partial charge in [-0.1, -0.05) is 36.4 Å². The molecular formula is C23H22N2O4S. The Balaban J connectivity index is 1.51. The molecule has 2 aromatic rings. The van der Waals surface area contributed by atoms with E-state index in [2.05, 4.69) is 0 Å². The molecule has 0 saturated carbocycles. The van der Waals surface area contributed by atoms with Crippen molar-refractivity contribution in [1.29, 1.82) is 0 Å². The first-order valence-electron chi connectivity index (χ1n) is 9.90. The molecule has 30 heavy (non-hydrogen) atoms. The van der Waals surface area contributed by atoms with Crippen LogP contribution in [0, 0.1) is 0 Å². The molecule has 2 aliphatic heterocycles. The number of benzene rings is 2. The number of amides is 3. The molecule has 0 radical (unpaired) electrons. The molecule has 0 spiro atoms. The van der Waals surface area contributed by atoms with Crippen molar-refractivity contribution in [3.8, 4) is 5.75 Å². The van der Waals surface area contributed by atoms with Crippen LogP contribution in [0.15, 0.2) is 53.4 Å². The normalized spacial score (nSPS) is 17.9. The molecule has 2 aromatic carbocycles. The van der Waals surface area contributed by atoms with Crippen molar-refractivity contribution in [1.82, 2.24) is 9.80 Å². The standard InChI is InChI=1S/C23H22N2O4S/c26-19-9-8-17(12-16-6-2-1-3-7-16)13-18(19)14-20-22(28)25(23(29)30-20)15-21(27)24-10-4-5-11-24/h1-3,6-9,13-14,26H,4-5,10-12,15H2/b20-14-. The zero-order chi connectivity index (χ0) is 21.1. The molecule has 0 bridgehead atoms. The van der Waals surface area contributed by atoms with E-state index in [4.69, 9.17) is 0 Å². The first-order valence-corrected chi connectivity index (χ1v) is 10.7. The number of rotatable bonds is 5. The number of nitrogens with zero attached hydrogens (tertiary/aromatic N) is 2. The molecule has 7 heteroatoms. The number of hydrogen-bond acceptors (Lipinski definition) is 5. The number of carbonyl (C=O) groups excluding carboxylic acids is 3. The van der Waals surface area contributed by atoms with Crippen molar-refractivity contribution in [2.24, 2.45) is 0 Å². The summed E-state index contributed by atoms with van der Waals surface area (Å²) in [6.45, 7) is 1.11. The summed E-state index contributed by atoms with van der Waals surface area (Å²) in [5.41, 5.74) is 2.59. The quantitative estimate of drug-likeness (QED) is 0.745. The molecular weight excluding hydrogens is 400 g/mol. The Labute approximate surface area is 179 Å². The lowest BCUT2D eigenvalue weighted by Crippen LogP contribution is -2.40. The number of aromatic hydroxyl groups is 1. The van der Waals surface area contributed by atoms with Crippen LogP contribution in [0.4, 0.5) is 4.79 Å². The topological polar surface area (TPSA) is 77.9 Å². The number of carbonyl (C=O) groups is 3. The fourth-order valence-corrected chi connectivity index (χ4v) is 4.47. The van der Waals surface area contributed by atoms with Crippen LogP contribution in [0.25, 0.3) is 6.08 Å². The molecule has 0 aromatic heterocycles. The van der Waals surface area contributed by atoms with Gasteiger partial charge in [-0.2, -0.15) is 0 Å². The van der Waals surface area contributed by atoms with Crippen LogP contribution in [0.1, 0.15) is 29.5 Å². The number of hydrogen-bond donors (Lipinski definition) is 1. The van der Waals surface area contributed by atoms with Crippen LogP contribution >= 0.6 is 11.8 Å². The van der Waals surface area contributed by atoms with Crippen LogP contribution in [-0.4, -0.2) is 51.6 Å². The van der Waals surface area contributed by atoms with Crippen molar-refractivity contribution in [3.05, 3.63) is 70.1 Å². The van der Waals surface area contributed by atoms with Gasteiger partial charge in [-0.05, 0) is 60.4 Å². The number of thioether (sulfide) groups is 1. The lowest BCUT2D eigenvalue weighted by atomic mass is 10.0. The summed E-state index contributed by atoms with van der Waals surface area (Å²) < 4.78 is 0. The van der Waals surface area contributed by atoms with E-state index in [9.17, 15) is 19.5 Å². The monoisotopic (exact) mass is 422 g/mol. The van der Waals surface area contributed by atoms with Crippen LogP contribution in [-0.2, 0) is 16.0 Å². The molecule has 0 unspecified atom stereocenters. The van der Waals surface area contributed by atoms with E-state index in [0.717, 1.165) is 40.6 Å². The minimum absolute atomic E-state index is 0.0340. The van der Waals surface area contributed by atoms with Gasteiger partial charge in [-0.15, -0.1) is 0 Å². The zero-order valence-corrected chi connectivity index (χ0v) is 17.2. The Morgan fingerprint density at radius 2 is 1.77 bits per heavy atom. The van der Waals surface area contributed by atoms with E-state index < -0.39 is 11.1 Å². The van der Waals surface area contributed by atoms with Crippen LogP contribution in [0.5, 0.6) is 5.75 Å². The third kappa shape index (κ3) is 4.41. The van der Waals surface area contributed by atoms with E-state index in [1.165, 1.54) is 6.08 Å².